The summed E-state index contributed by atoms with van der Waals surface area (Å²) in [4.78, 5) is 2.32. The van der Waals surface area contributed by atoms with Gasteiger partial charge in [-0.25, -0.2) is 0 Å². The summed E-state index contributed by atoms with van der Waals surface area (Å²) in [7, 11) is 0. The third kappa shape index (κ3) is 3.87. The molecule has 1 aliphatic carbocycles. The van der Waals surface area contributed by atoms with Crippen LogP contribution < -0.4 is 4.46 Å². The van der Waals surface area contributed by atoms with E-state index in [9.17, 15) is 0 Å². The van der Waals surface area contributed by atoms with Gasteiger partial charge < -0.3 is 0 Å². The molecule has 142 valence electrons. The minimum absolute atomic E-state index is 0.0776. The van der Waals surface area contributed by atoms with Gasteiger partial charge >= 0.3 is 169 Å². The van der Waals surface area contributed by atoms with E-state index in [0.717, 1.165) is 12.4 Å². The molecule has 2 aromatic carbocycles. The number of rotatable bonds is 5. The van der Waals surface area contributed by atoms with E-state index in [1.54, 1.807) is 0 Å². The summed E-state index contributed by atoms with van der Waals surface area (Å²) in [5.74, 6) is 1.07. The molecule has 2 nitrogen and oxygen atoms in total. The summed E-state index contributed by atoms with van der Waals surface area (Å²) >= 11 is 0.257. The molecule has 1 saturated carbocycles. The van der Waals surface area contributed by atoms with Crippen LogP contribution in [0.1, 0.15) is 50.7 Å². The molecule has 4 rings (SSSR count). The minimum atomic E-state index is 0.0776. The van der Waals surface area contributed by atoms with Crippen LogP contribution in [0, 0.1) is 5.41 Å². The van der Waals surface area contributed by atoms with Crippen LogP contribution in [0.4, 0.5) is 0 Å². The van der Waals surface area contributed by atoms with Crippen molar-refractivity contribution in [1.29, 1.82) is 0 Å². The van der Waals surface area contributed by atoms with Gasteiger partial charge in [-0.2, -0.15) is 0 Å². The number of benzene rings is 2. The monoisotopic (exact) mass is 428 g/mol. The molecule has 2 fully saturated rings. The quantitative estimate of drug-likeness (QED) is 0.627. The van der Waals surface area contributed by atoms with Crippen LogP contribution in [0.3, 0.4) is 0 Å². The van der Waals surface area contributed by atoms with Crippen LogP contribution in [0.15, 0.2) is 71.4 Å². The zero-order valence-electron chi connectivity index (χ0n) is 16.0. The van der Waals surface area contributed by atoms with E-state index in [2.05, 4.69) is 72.6 Å². The Labute approximate surface area is 169 Å². The molecule has 0 radical (unpaired) electrons. The van der Waals surface area contributed by atoms with Gasteiger partial charge in [0.05, 0.1) is 0 Å². The first-order valence-electron chi connectivity index (χ1n) is 10.1. The van der Waals surface area contributed by atoms with Gasteiger partial charge in [0.1, 0.15) is 0 Å². The molecule has 3 heteroatoms. The number of hydrogen-bond donors (Lipinski definition) is 0. The van der Waals surface area contributed by atoms with Crippen LogP contribution in [-0.4, -0.2) is 27.7 Å². The predicted octanol–water partition coefficient (Wildman–Crippen LogP) is 4.98. The van der Waals surface area contributed by atoms with Crippen molar-refractivity contribution in [2.75, 3.05) is 6.61 Å². The van der Waals surface area contributed by atoms with Crippen molar-refractivity contribution in [2.24, 2.45) is 5.41 Å². The standard InChI is InChI=1S/C24H28O2Se/c1-2-25-23-21(18-27-20-14-8-4-9-15-20)26-22(19-12-6-3-7-13-19)24(23)16-10-5-11-17-24/h3-4,6-9,12-15,18,22-23H,2,5,10-11,16-17H2,1H3/b21-18-/t22-,23+/m1/s1. The molecule has 2 aliphatic rings. The summed E-state index contributed by atoms with van der Waals surface area (Å²) in [6, 6.07) is 21.5. The first-order valence-corrected chi connectivity index (χ1v) is 11.9. The molecule has 2 atom stereocenters. The maximum absolute atomic E-state index is 6.68. The Balaban J connectivity index is 1.69. The van der Waals surface area contributed by atoms with E-state index in [4.69, 9.17) is 9.47 Å². The van der Waals surface area contributed by atoms with E-state index in [0.29, 0.717) is 0 Å². The molecule has 1 saturated heterocycles. The van der Waals surface area contributed by atoms with Crippen molar-refractivity contribution in [3.05, 3.63) is 77.0 Å². The molecule has 0 aromatic heterocycles. The summed E-state index contributed by atoms with van der Waals surface area (Å²) in [6.07, 6.45) is 6.43. The fraction of sp³-hybridized carbons (Fsp3) is 0.417. The van der Waals surface area contributed by atoms with Crippen molar-refractivity contribution < 1.29 is 9.47 Å². The zero-order chi connectivity index (χ0) is 18.5. The van der Waals surface area contributed by atoms with Gasteiger partial charge in [0.25, 0.3) is 0 Å². The number of hydrogen-bond acceptors (Lipinski definition) is 2. The molecule has 1 heterocycles. The van der Waals surface area contributed by atoms with Crippen LogP contribution in [0.25, 0.3) is 0 Å². The van der Waals surface area contributed by atoms with E-state index < -0.39 is 0 Å². The van der Waals surface area contributed by atoms with Crippen molar-refractivity contribution in [3.63, 3.8) is 0 Å². The van der Waals surface area contributed by atoms with Gasteiger partial charge in [-0.1, -0.05) is 0 Å². The second-order valence-corrected chi connectivity index (χ2v) is 9.47. The Morgan fingerprint density at radius 2 is 1.67 bits per heavy atom. The van der Waals surface area contributed by atoms with Crippen molar-refractivity contribution in [2.45, 2.75) is 51.2 Å². The average molecular weight is 427 g/mol. The summed E-state index contributed by atoms with van der Waals surface area (Å²) in [5.41, 5.74) is 1.37. The Bertz CT molecular complexity index is 750. The van der Waals surface area contributed by atoms with E-state index >= 15 is 0 Å². The van der Waals surface area contributed by atoms with Gasteiger partial charge in [0.15, 0.2) is 0 Å². The van der Waals surface area contributed by atoms with Crippen molar-refractivity contribution in [3.8, 4) is 0 Å². The normalized spacial score (nSPS) is 25.6. The van der Waals surface area contributed by atoms with Crippen molar-refractivity contribution in [1.82, 2.24) is 0 Å². The topological polar surface area (TPSA) is 18.5 Å². The SMILES string of the molecule is CCO[C@H]1/C(=C/[Se]c2ccccc2)O[C@H](c2ccccc2)C12CCCCC2. The number of ether oxygens (including phenoxy) is 2. The van der Waals surface area contributed by atoms with Gasteiger partial charge in [-0.3, -0.25) is 0 Å². The van der Waals surface area contributed by atoms with E-state index in [-0.39, 0.29) is 32.6 Å². The molecular weight excluding hydrogens is 399 g/mol. The third-order valence-electron chi connectivity index (χ3n) is 5.83. The second-order valence-electron chi connectivity index (χ2n) is 7.49. The fourth-order valence-corrected chi connectivity index (χ4v) is 6.19. The molecule has 2 aromatic rings. The summed E-state index contributed by atoms with van der Waals surface area (Å²) in [6.45, 7) is 2.83. The molecule has 1 aliphatic heterocycles. The van der Waals surface area contributed by atoms with Crippen LogP contribution in [0.5, 0.6) is 0 Å². The van der Waals surface area contributed by atoms with E-state index in [1.807, 2.05) is 0 Å². The van der Waals surface area contributed by atoms with Crippen LogP contribution >= 0.6 is 0 Å². The molecule has 0 unspecified atom stereocenters. The predicted molar refractivity (Wildman–Crippen MR) is 111 cm³/mol. The Morgan fingerprint density at radius 1 is 1.00 bits per heavy atom. The average Bonchev–Trinajstić information content (AvgIpc) is 3.02. The second kappa shape index (κ2) is 8.65. The van der Waals surface area contributed by atoms with E-state index in [1.165, 1.54) is 42.1 Å². The molecule has 0 amide bonds. The molecular formula is C24H28O2Se. The zero-order valence-corrected chi connectivity index (χ0v) is 17.7. The molecule has 0 bridgehead atoms. The maximum atomic E-state index is 6.68. The molecule has 0 N–H and O–H groups in total. The first kappa shape index (κ1) is 18.8. The third-order valence-corrected chi connectivity index (χ3v) is 7.71. The van der Waals surface area contributed by atoms with Gasteiger partial charge in [0, 0.05) is 0 Å². The first-order chi connectivity index (χ1) is 13.3. The Morgan fingerprint density at radius 3 is 2.33 bits per heavy atom. The molecule has 27 heavy (non-hydrogen) atoms. The van der Waals surface area contributed by atoms with Gasteiger partial charge in [-0.05, 0) is 0 Å². The van der Waals surface area contributed by atoms with Crippen LogP contribution in [0.2, 0.25) is 0 Å². The van der Waals surface area contributed by atoms with Gasteiger partial charge in [0.2, 0.25) is 0 Å². The molecule has 1 spiro atoms. The Hall–Kier alpha value is -1.54. The van der Waals surface area contributed by atoms with Gasteiger partial charge in [-0.15, -0.1) is 0 Å². The summed E-state index contributed by atoms with van der Waals surface area (Å²) < 4.78 is 14.4. The summed E-state index contributed by atoms with van der Waals surface area (Å²) in [5, 5.41) is 0. The van der Waals surface area contributed by atoms with Crippen molar-refractivity contribution >= 4 is 19.4 Å². The fourth-order valence-electron chi connectivity index (χ4n) is 4.63. The Kier molecular flexibility index (Phi) is 6.02. The van der Waals surface area contributed by atoms with Crippen LogP contribution in [-0.2, 0) is 9.47 Å².